The highest BCUT2D eigenvalue weighted by Crippen LogP contribution is 2.25. The number of carbonyl (C=O) groups is 14. The maximum absolute atomic E-state index is 14.9. The average molecular weight is 1420 g/mol. The second-order valence-electron chi connectivity index (χ2n) is 26.0. The minimum absolute atomic E-state index is 0.00117. The number of aromatic nitrogens is 2. The van der Waals surface area contributed by atoms with E-state index in [-0.39, 0.29) is 94.9 Å². The molecule has 2 aliphatic rings. The van der Waals surface area contributed by atoms with Crippen molar-refractivity contribution in [1.82, 2.24) is 68.5 Å². The van der Waals surface area contributed by atoms with Gasteiger partial charge in [0.2, 0.25) is 70.9 Å². The fourth-order valence-corrected chi connectivity index (χ4v) is 12.0. The van der Waals surface area contributed by atoms with Crippen molar-refractivity contribution >= 4 is 99.6 Å². The standard InChI is InChI=1S/C66H103N17O16S/c1-9-35(6)52(69)66-81-48(32-100-66)63(97)76-43(26-34(4)5)59(93)74-42(22-23-50(85)86)58(92)83-53(36(7)10-2)64(98)75-40-20-15-16-25-71-55(89)46(29-49(68)84)78-62(96)47(30-51(87)88)79-61(95)45(28-39-31-70-33-72-39)77-60(94)44(27-38-18-13-12-14-19-38)80-65(99)54(37(8)11-3)82-57(91)41(21-17-24-67)73-56(40)90/h12-14,18-19,31,33-37,40-48,52-54H,9-11,15-17,20-30,32,67,69H2,1-8H3,(H2,68,84)(H,70,72)(H,71,89)(H,73,90)(H,74,93)(H,75,98)(H,76,97)(H,77,94)(H,78,96)(H,79,95)(H,80,99)(H,82,91)(H,83,92)(H,85,86)(H,87,88)/t35?,36-,37-,40-,41+,42+,43-,44+,45-,46-,47+,48?,52?,53-,54-/m0/s1. The Morgan fingerprint density at radius 3 is 1.85 bits per heavy atom. The van der Waals surface area contributed by atoms with E-state index in [0.717, 1.165) is 6.42 Å². The smallest absolute Gasteiger partial charge is 0.305 e. The van der Waals surface area contributed by atoms with Crippen molar-refractivity contribution in [3.8, 4) is 0 Å². The van der Waals surface area contributed by atoms with Gasteiger partial charge in [-0.2, -0.15) is 0 Å². The van der Waals surface area contributed by atoms with Crippen molar-refractivity contribution in [2.45, 2.75) is 224 Å². The van der Waals surface area contributed by atoms with Crippen LogP contribution in [0.25, 0.3) is 0 Å². The third-order valence-corrected chi connectivity index (χ3v) is 18.6. The molecule has 100 heavy (non-hydrogen) atoms. The number of aliphatic carboxylic acids is 2. The molecular weight excluding hydrogens is 1320 g/mol. The summed E-state index contributed by atoms with van der Waals surface area (Å²) in [6.07, 6.45) is 0.368. The number of nitrogens with two attached hydrogens (primary N) is 3. The minimum atomic E-state index is -1.94. The van der Waals surface area contributed by atoms with E-state index in [1.54, 1.807) is 58.0 Å². The quantitative estimate of drug-likeness (QED) is 0.0401. The van der Waals surface area contributed by atoms with E-state index in [1.807, 2.05) is 27.7 Å². The summed E-state index contributed by atoms with van der Waals surface area (Å²) in [6.45, 7) is 14.1. The van der Waals surface area contributed by atoms with Crippen LogP contribution in [-0.4, -0.2) is 199 Å². The molecule has 34 heteroatoms. The Labute approximate surface area is 586 Å². The number of aromatic amines is 1. The van der Waals surface area contributed by atoms with Gasteiger partial charge in [-0.05, 0) is 80.7 Å². The first-order valence-corrected chi connectivity index (χ1v) is 35.1. The number of thioether (sulfide) groups is 1. The van der Waals surface area contributed by atoms with E-state index >= 15 is 0 Å². The lowest BCUT2D eigenvalue weighted by molar-refractivity contribution is -0.142. The van der Waals surface area contributed by atoms with Crippen LogP contribution in [-0.2, 0) is 80.0 Å². The zero-order valence-electron chi connectivity index (χ0n) is 58.2. The Balaban J connectivity index is 1.77. The number of rotatable bonds is 31. The Morgan fingerprint density at radius 2 is 1.26 bits per heavy atom. The van der Waals surface area contributed by atoms with Gasteiger partial charge in [0.25, 0.3) is 0 Å². The highest BCUT2D eigenvalue weighted by molar-refractivity contribution is 8.14. The van der Waals surface area contributed by atoms with Gasteiger partial charge in [-0.1, -0.05) is 105 Å². The van der Waals surface area contributed by atoms with Crippen molar-refractivity contribution in [2.24, 2.45) is 45.9 Å². The third-order valence-electron chi connectivity index (χ3n) is 17.5. The molecule has 1 fully saturated rings. The molecule has 15 atom stereocenters. The summed E-state index contributed by atoms with van der Waals surface area (Å²) in [5.41, 5.74) is 18.7. The number of carboxylic acid groups (broad SMARTS) is 2. The fourth-order valence-electron chi connectivity index (χ4n) is 10.9. The number of hydrogen-bond acceptors (Lipinski definition) is 19. The summed E-state index contributed by atoms with van der Waals surface area (Å²) in [7, 11) is 0. The molecule has 2 aliphatic heterocycles. The normalized spacial score (nSPS) is 23.1. The van der Waals surface area contributed by atoms with E-state index in [9.17, 15) is 77.3 Å². The molecule has 1 aromatic heterocycles. The fraction of sp³-hybridized carbons (Fsp3) is 0.636. The van der Waals surface area contributed by atoms with Crippen molar-refractivity contribution in [3.63, 3.8) is 0 Å². The highest BCUT2D eigenvalue weighted by atomic mass is 32.2. The number of H-pyrrole nitrogens is 1. The molecule has 3 unspecified atom stereocenters. The van der Waals surface area contributed by atoms with Crippen LogP contribution in [0.5, 0.6) is 0 Å². The molecule has 33 nitrogen and oxygen atoms in total. The van der Waals surface area contributed by atoms with Gasteiger partial charge in [-0.25, -0.2) is 4.98 Å². The lowest BCUT2D eigenvalue weighted by Crippen LogP contribution is -2.62. The summed E-state index contributed by atoms with van der Waals surface area (Å²) >= 11 is 1.35. The number of primary amides is 1. The second-order valence-corrected chi connectivity index (χ2v) is 27.0. The van der Waals surface area contributed by atoms with Crippen LogP contribution in [0.3, 0.4) is 0 Å². The largest absolute Gasteiger partial charge is 0.481 e. The maximum Gasteiger partial charge on any atom is 0.305 e. The summed E-state index contributed by atoms with van der Waals surface area (Å²) in [6, 6.07) is -8.34. The van der Waals surface area contributed by atoms with Crippen molar-refractivity contribution in [3.05, 3.63) is 54.1 Å². The molecule has 1 saturated heterocycles. The molecule has 0 saturated carbocycles. The predicted molar refractivity (Wildman–Crippen MR) is 369 cm³/mol. The molecule has 20 N–H and O–H groups in total. The van der Waals surface area contributed by atoms with Gasteiger partial charge in [0.15, 0.2) is 0 Å². The van der Waals surface area contributed by atoms with Gasteiger partial charge >= 0.3 is 11.9 Å². The van der Waals surface area contributed by atoms with Crippen molar-refractivity contribution in [2.75, 3.05) is 18.8 Å². The molecule has 1 aromatic carbocycles. The number of carboxylic acids is 2. The van der Waals surface area contributed by atoms with Gasteiger partial charge in [0.05, 0.1) is 30.3 Å². The lowest BCUT2D eigenvalue weighted by atomic mass is 9.96. The van der Waals surface area contributed by atoms with Crippen LogP contribution < -0.4 is 75.7 Å². The minimum Gasteiger partial charge on any atom is -0.481 e. The number of imidazole rings is 1. The average Bonchev–Trinajstić information content (AvgIpc) is 1.37. The molecule has 0 radical (unpaired) electrons. The van der Waals surface area contributed by atoms with E-state index in [2.05, 4.69) is 73.4 Å². The van der Waals surface area contributed by atoms with Gasteiger partial charge in [-0.3, -0.25) is 72.1 Å². The first kappa shape index (κ1) is 83.4. The van der Waals surface area contributed by atoms with Gasteiger partial charge in [-0.15, -0.1) is 11.8 Å². The van der Waals surface area contributed by atoms with Crippen LogP contribution >= 0.6 is 11.8 Å². The van der Waals surface area contributed by atoms with Gasteiger partial charge in [0, 0.05) is 43.5 Å². The Morgan fingerprint density at radius 1 is 0.660 bits per heavy atom. The van der Waals surface area contributed by atoms with Gasteiger partial charge in [0.1, 0.15) is 66.5 Å². The topological polar surface area (TPSA) is 531 Å². The van der Waals surface area contributed by atoms with Crippen molar-refractivity contribution < 1.29 is 77.3 Å². The molecule has 0 bridgehead atoms. The molecular formula is C66H103N17O16S. The molecule has 4 rings (SSSR count). The Kier molecular flexibility index (Phi) is 35.1. The molecule has 2 aromatic rings. The number of carbonyl (C=O) groups excluding carboxylic acids is 12. The summed E-state index contributed by atoms with van der Waals surface area (Å²) in [4.78, 5) is 207. The monoisotopic (exact) mass is 1420 g/mol. The Bertz CT molecular complexity index is 3160. The van der Waals surface area contributed by atoms with Crippen LogP contribution in [0.4, 0.5) is 0 Å². The number of nitrogens with one attached hydrogen (secondary N) is 12. The van der Waals surface area contributed by atoms with E-state index in [1.165, 1.54) is 24.3 Å². The number of hydrogen-bond donors (Lipinski definition) is 17. The Hall–Kier alpha value is -9.05. The van der Waals surface area contributed by atoms with Crippen LogP contribution in [0.15, 0.2) is 47.8 Å². The van der Waals surface area contributed by atoms with Crippen LogP contribution in [0.1, 0.15) is 150 Å². The zero-order chi connectivity index (χ0) is 74.3. The summed E-state index contributed by atoms with van der Waals surface area (Å²) in [5, 5.41) is 49.1. The van der Waals surface area contributed by atoms with E-state index in [4.69, 9.17) is 17.2 Å². The first-order chi connectivity index (χ1) is 47.4. The third kappa shape index (κ3) is 27.6. The SMILES string of the molecule is CCC(C)C(N)C1=NC(C(=O)N[C@@H](CC(C)C)C(=O)N[C@H](CCC(=O)O)C(=O)N[C@H](C(=O)N[C@H]2CCCCNC(=O)[C@H](CC(N)=O)NC(=O)[C@@H](CC(=O)O)NC(=O)[C@H](Cc3cnc[nH]3)NC(=O)[C@@H](Cc3ccccc3)NC(=O)[C@H]([C@@H](C)CC)NC(=O)[C@@H](CCCN)NC2=O)[C@@H](C)CC)CS1. The number of aliphatic imine (C=N–C) groups is 1. The number of amides is 12. The van der Waals surface area contributed by atoms with Gasteiger partial charge < -0.3 is 90.9 Å². The molecule has 0 aliphatic carbocycles. The zero-order valence-corrected chi connectivity index (χ0v) is 59.0. The van der Waals surface area contributed by atoms with Crippen LogP contribution in [0.2, 0.25) is 0 Å². The second kappa shape index (κ2) is 42.1. The van der Waals surface area contributed by atoms with Crippen molar-refractivity contribution in [1.29, 1.82) is 0 Å². The lowest BCUT2D eigenvalue weighted by Gasteiger charge is -2.30. The molecule has 3 heterocycles. The first-order valence-electron chi connectivity index (χ1n) is 34.1. The van der Waals surface area contributed by atoms with E-state index < -0.39 is 193 Å². The summed E-state index contributed by atoms with van der Waals surface area (Å²) in [5.74, 6) is -15.4. The predicted octanol–water partition coefficient (Wildman–Crippen LogP) is -1.68. The highest BCUT2D eigenvalue weighted by Gasteiger charge is 2.40. The summed E-state index contributed by atoms with van der Waals surface area (Å²) < 4.78 is 0. The van der Waals surface area contributed by atoms with E-state index in [0.29, 0.717) is 16.3 Å². The molecule has 12 amide bonds. The molecule has 554 valence electrons. The number of benzene rings is 1. The number of nitrogens with zero attached hydrogens (tertiary/aromatic N) is 2. The van der Waals surface area contributed by atoms with Crippen LogP contribution in [0, 0.1) is 23.7 Å². The maximum atomic E-state index is 14.9. The molecule has 0 spiro atoms.